The lowest BCUT2D eigenvalue weighted by atomic mass is 10.2. The third kappa shape index (κ3) is 2.36. The van der Waals surface area contributed by atoms with E-state index in [1.807, 2.05) is 32.2 Å². The van der Waals surface area contributed by atoms with Gasteiger partial charge in [0.1, 0.15) is 12.4 Å². The van der Waals surface area contributed by atoms with Gasteiger partial charge in [0, 0.05) is 18.3 Å². The zero-order chi connectivity index (χ0) is 9.68. The number of hydrogen-bond acceptors (Lipinski definition) is 3. The van der Waals surface area contributed by atoms with Gasteiger partial charge < -0.3 is 15.2 Å². The van der Waals surface area contributed by atoms with E-state index in [1.165, 1.54) is 0 Å². The number of aliphatic hydroxyl groups is 1. The standard InChI is InChI=1S/C10H15NO2/c1-8-9(11-2)4-3-5-10(8)13-7-6-12/h3-5,11-12H,6-7H2,1-2H3. The van der Waals surface area contributed by atoms with Crippen molar-refractivity contribution >= 4 is 5.69 Å². The van der Waals surface area contributed by atoms with Crippen molar-refractivity contribution < 1.29 is 9.84 Å². The highest BCUT2D eigenvalue weighted by Crippen LogP contribution is 2.24. The molecule has 0 radical (unpaired) electrons. The normalized spacial score (nSPS) is 9.77. The van der Waals surface area contributed by atoms with Crippen molar-refractivity contribution in [3.05, 3.63) is 23.8 Å². The molecule has 13 heavy (non-hydrogen) atoms. The van der Waals surface area contributed by atoms with E-state index in [9.17, 15) is 0 Å². The number of benzene rings is 1. The Kier molecular flexibility index (Phi) is 3.58. The maximum atomic E-state index is 8.60. The molecule has 3 nitrogen and oxygen atoms in total. The van der Waals surface area contributed by atoms with Gasteiger partial charge in [0.2, 0.25) is 0 Å². The lowest BCUT2D eigenvalue weighted by Gasteiger charge is -2.11. The van der Waals surface area contributed by atoms with E-state index in [0.717, 1.165) is 17.0 Å². The highest BCUT2D eigenvalue weighted by molar-refractivity contribution is 5.56. The lowest BCUT2D eigenvalue weighted by Crippen LogP contribution is -2.03. The summed E-state index contributed by atoms with van der Waals surface area (Å²) in [6.07, 6.45) is 0. The molecule has 0 aromatic heterocycles. The number of anilines is 1. The molecule has 1 aromatic rings. The van der Waals surface area contributed by atoms with Gasteiger partial charge in [-0.15, -0.1) is 0 Å². The van der Waals surface area contributed by atoms with Crippen LogP contribution < -0.4 is 10.1 Å². The van der Waals surface area contributed by atoms with Crippen LogP contribution >= 0.6 is 0 Å². The smallest absolute Gasteiger partial charge is 0.124 e. The molecule has 0 amide bonds. The molecule has 0 atom stereocenters. The lowest BCUT2D eigenvalue weighted by molar-refractivity contribution is 0.200. The van der Waals surface area contributed by atoms with Gasteiger partial charge >= 0.3 is 0 Å². The first-order valence-corrected chi connectivity index (χ1v) is 4.30. The average molecular weight is 181 g/mol. The molecule has 0 aliphatic rings. The predicted molar refractivity (Wildman–Crippen MR) is 53.3 cm³/mol. The Bertz CT molecular complexity index is 274. The van der Waals surface area contributed by atoms with Gasteiger partial charge in [-0.3, -0.25) is 0 Å². The minimum Gasteiger partial charge on any atom is -0.491 e. The summed E-state index contributed by atoms with van der Waals surface area (Å²) in [5.74, 6) is 0.820. The summed E-state index contributed by atoms with van der Waals surface area (Å²) in [6, 6.07) is 5.80. The van der Waals surface area contributed by atoms with Crippen molar-refractivity contribution in [1.82, 2.24) is 0 Å². The van der Waals surface area contributed by atoms with Gasteiger partial charge in [-0.25, -0.2) is 0 Å². The van der Waals surface area contributed by atoms with Crippen LogP contribution in [0.25, 0.3) is 0 Å². The number of rotatable bonds is 4. The Labute approximate surface area is 78.3 Å². The van der Waals surface area contributed by atoms with Crippen molar-refractivity contribution in [3.63, 3.8) is 0 Å². The fourth-order valence-electron chi connectivity index (χ4n) is 1.20. The highest BCUT2D eigenvalue weighted by Gasteiger charge is 2.02. The minimum atomic E-state index is 0.0449. The molecule has 1 aromatic carbocycles. The van der Waals surface area contributed by atoms with E-state index in [2.05, 4.69) is 5.32 Å². The molecule has 0 bridgehead atoms. The summed E-state index contributed by atoms with van der Waals surface area (Å²) in [5, 5.41) is 11.7. The van der Waals surface area contributed by atoms with Crippen LogP contribution in [0.5, 0.6) is 5.75 Å². The van der Waals surface area contributed by atoms with Gasteiger partial charge in [-0.05, 0) is 19.1 Å². The first kappa shape index (κ1) is 9.86. The molecule has 0 aliphatic carbocycles. The third-order valence-electron chi connectivity index (χ3n) is 1.90. The van der Waals surface area contributed by atoms with Gasteiger partial charge in [0.25, 0.3) is 0 Å². The molecule has 0 aliphatic heterocycles. The van der Waals surface area contributed by atoms with Gasteiger partial charge in [-0.2, -0.15) is 0 Å². The molecule has 0 heterocycles. The molecule has 72 valence electrons. The van der Waals surface area contributed by atoms with E-state index >= 15 is 0 Å². The summed E-state index contributed by atoms with van der Waals surface area (Å²) in [7, 11) is 1.87. The Morgan fingerprint density at radius 3 is 2.85 bits per heavy atom. The SMILES string of the molecule is CNc1cccc(OCCO)c1C. The summed E-state index contributed by atoms with van der Waals surface area (Å²) in [6.45, 7) is 2.37. The summed E-state index contributed by atoms with van der Waals surface area (Å²) in [4.78, 5) is 0. The second kappa shape index (κ2) is 4.72. The Morgan fingerprint density at radius 2 is 2.23 bits per heavy atom. The molecule has 2 N–H and O–H groups in total. The molecule has 0 unspecified atom stereocenters. The van der Waals surface area contributed by atoms with Crippen molar-refractivity contribution in [2.24, 2.45) is 0 Å². The Hall–Kier alpha value is -1.22. The van der Waals surface area contributed by atoms with E-state index in [4.69, 9.17) is 9.84 Å². The van der Waals surface area contributed by atoms with Crippen LogP contribution in [0.15, 0.2) is 18.2 Å². The minimum absolute atomic E-state index is 0.0449. The van der Waals surface area contributed by atoms with E-state index < -0.39 is 0 Å². The third-order valence-corrected chi connectivity index (χ3v) is 1.90. The number of ether oxygens (including phenoxy) is 1. The van der Waals surface area contributed by atoms with Crippen molar-refractivity contribution in [1.29, 1.82) is 0 Å². The van der Waals surface area contributed by atoms with Crippen molar-refractivity contribution in [2.75, 3.05) is 25.6 Å². The quantitative estimate of drug-likeness (QED) is 0.738. The van der Waals surface area contributed by atoms with E-state index in [0.29, 0.717) is 6.61 Å². The molecule has 0 saturated heterocycles. The maximum Gasteiger partial charge on any atom is 0.124 e. The topological polar surface area (TPSA) is 41.5 Å². The van der Waals surface area contributed by atoms with Gasteiger partial charge in [-0.1, -0.05) is 6.07 Å². The molecule has 0 fully saturated rings. The fourth-order valence-corrected chi connectivity index (χ4v) is 1.20. The molecule has 0 saturated carbocycles. The molecule has 1 rings (SSSR count). The van der Waals surface area contributed by atoms with Crippen LogP contribution in [0.3, 0.4) is 0 Å². The van der Waals surface area contributed by atoms with Crippen molar-refractivity contribution in [3.8, 4) is 5.75 Å². The first-order valence-electron chi connectivity index (χ1n) is 4.30. The van der Waals surface area contributed by atoms with Crippen LogP contribution in [0.4, 0.5) is 5.69 Å². The maximum absolute atomic E-state index is 8.60. The fraction of sp³-hybridized carbons (Fsp3) is 0.400. The van der Waals surface area contributed by atoms with E-state index in [-0.39, 0.29) is 6.61 Å². The second-order valence-electron chi connectivity index (χ2n) is 2.75. The second-order valence-corrected chi connectivity index (χ2v) is 2.75. The summed E-state index contributed by atoms with van der Waals surface area (Å²) < 4.78 is 5.34. The van der Waals surface area contributed by atoms with Crippen molar-refractivity contribution in [2.45, 2.75) is 6.92 Å². The van der Waals surface area contributed by atoms with Crippen LogP contribution in [0.1, 0.15) is 5.56 Å². The monoisotopic (exact) mass is 181 g/mol. The predicted octanol–water partition coefficient (Wildman–Crippen LogP) is 1.41. The molecular formula is C10H15NO2. The summed E-state index contributed by atoms with van der Waals surface area (Å²) >= 11 is 0. The first-order chi connectivity index (χ1) is 6.29. The van der Waals surface area contributed by atoms with Crippen LogP contribution in [-0.2, 0) is 0 Å². The molecule has 3 heteroatoms. The van der Waals surface area contributed by atoms with E-state index in [1.54, 1.807) is 0 Å². The number of nitrogens with one attached hydrogen (secondary N) is 1. The number of aliphatic hydroxyl groups excluding tert-OH is 1. The zero-order valence-electron chi connectivity index (χ0n) is 8.00. The van der Waals surface area contributed by atoms with Gasteiger partial charge in [0.05, 0.1) is 6.61 Å². The van der Waals surface area contributed by atoms with Gasteiger partial charge in [0.15, 0.2) is 0 Å². The number of hydrogen-bond donors (Lipinski definition) is 2. The zero-order valence-corrected chi connectivity index (χ0v) is 8.00. The largest absolute Gasteiger partial charge is 0.491 e. The highest BCUT2D eigenvalue weighted by atomic mass is 16.5. The molecular weight excluding hydrogens is 166 g/mol. The Morgan fingerprint density at radius 1 is 1.46 bits per heavy atom. The average Bonchev–Trinajstić information content (AvgIpc) is 2.16. The summed E-state index contributed by atoms with van der Waals surface area (Å²) in [5.41, 5.74) is 2.12. The Balaban J connectivity index is 2.81. The van der Waals surface area contributed by atoms with Crippen LogP contribution in [-0.4, -0.2) is 25.4 Å². The van der Waals surface area contributed by atoms with Crippen LogP contribution in [0, 0.1) is 6.92 Å². The van der Waals surface area contributed by atoms with Crippen LogP contribution in [0.2, 0.25) is 0 Å². The molecule has 0 spiro atoms.